The van der Waals surface area contributed by atoms with Crippen LogP contribution >= 0.6 is 39.1 Å². The first-order valence-corrected chi connectivity index (χ1v) is 6.74. The molecular weight excluding hydrogens is 364 g/mol. The van der Waals surface area contributed by atoms with Gasteiger partial charge in [-0.3, -0.25) is 0 Å². The molecule has 0 bridgehead atoms. The Labute approximate surface area is 126 Å². The third-order valence-electron chi connectivity index (χ3n) is 2.55. The van der Waals surface area contributed by atoms with Gasteiger partial charge in [-0.25, -0.2) is 13.2 Å². The van der Waals surface area contributed by atoms with Gasteiger partial charge in [0.05, 0.1) is 10.4 Å². The van der Waals surface area contributed by atoms with Crippen LogP contribution in [0.5, 0.6) is 0 Å². The summed E-state index contributed by atoms with van der Waals surface area (Å²) < 4.78 is 40.3. The maximum Gasteiger partial charge on any atom is 0.161 e. The SMILES string of the molecule is Fc1cc(F)c(C(Cl)c2ccc(Br)c(Cl)c2)cc1F. The second-order valence-corrected chi connectivity index (χ2v) is 5.52. The van der Waals surface area contributed by atoms with Crippen LogP contribution in [0, 0.1) is 17.5 Å². The van der Waals surface area contributed by atoms with Gasteiger partial charge in [-0.1, -0.05) is 17.7 Å². The lowest BCUT2D eigenvalue weighted by Gasteiger charge is -2.12. The third-order valence-corrected chi connectivity index (χ3v) is 4.27. The highest BCUT2D eigenvalue weighted by Gasteiger charge is 2.19. The summed E-state index contributed by atoms with van der Waals surface area (Å²) in [5.41, 5.74) is 0.346. The molecule has 0 heterocycles. The Balaban J connectivity index is 2.46. The normalized spacial score (nSPS) is 12.5. The minimum absolute atomic E-state index is 0.140. The molecule has 0 aliphatic rings. The molecule has 0 nitrogen and oxygen atoms in total. The molecule has 100 valence electrons. The van der Waals surface area contributed by atoms with E-state index in [0.717, 1.165) is 6.07 Å². The largest absolute Gasteiger partial charge is 0.207 e. The highest BCUT2D eigenvalue weighted by atomic mass is 79.9. The average Bonchev–Trinajstić information content (AvgIpc) is 2.36. The van der Waals surface area contributed by atoms with Crippen molar-refractivity contribution in [1.82, 2.24) is 0 Å². The lowest BCUT2D eigenvalue weighted by atomic mass is 10.0. The molecule has 1 unspecified atom stereocenters. The molecule has 0 saturated heterocycles. The van der Waals surface area contributed by atoms with Crippen molar-refractivity contribution in [3.8, 4) is 0 Å². The summed E-state index contributed by atoms with van der Waals surface area (Å²) >= 11 is 15.2. The lowest BCUT2D eigenvalue weighted by molar-refractivity contribution is 0.490. The van der Waals surface area contributed by atoms with E-state index in [2.05, 4.69) is 15.9 Å². The number of benzene rings is 2. The quantitative estimate of drug-likeness (QED) is 0.460. The maximum absolute atomic E-state index is 13.6. The first-order chi connectivity index (χ1) is 8.90. The fourth-order valence-electron chi connectivity index (χ4n) is 1.58. The molecular formula is C13H6BrCl2F3. The topological polar surface area (TPSA) is 0 Å². The Morgan fingerprint density at radius 1 is 0.947 bits per heavy atom. The van der Waals surface area contributed by atoms with E-state index in [0.29, 0.717) is 21.1 Å². The molecule has 0 radical (unpaired) electrons. The Morgan fingerprint density at radius 3 is 2.21 bits per heavy atom. The molecule has 2 aromatic rings. The first-order valence-electron chi connectivity index (χ1n) is 5.13. The van der Waals surface area contributed by atoms with E-state index < -0.39 is 22.8 Å². The van der Waals surface area contributed by atoms with Gasteiger partial charge in [0, 0.05) is 16.1 Å². The smallest absolute Gasteiger partial charge is 0.161 e. The first kappa shape index (κ1) is 14.7. The summed E-state index contributed by atoms with van der Waals surface area (Å²) in [6.07, 6.45) is 0. The van der Waals surface area contributed by atoms with Crippen molar-refractivity contribution in [3.63, 3.8) is 0 Å². The van der Waals surface area contributed by atoms with E-state index in [-0.39, 0.29) is 5.56 Å². The molecule has 2 rings (SSSR count). The molecule has 0 aliphatic carbocycles. The summed E-state index contributed by atoms with van der Waals surface area (Å²) in [5, 5.41) is -0.563. The van der Waals surface area contributed by atoms with Gasteiger partial charge in [-0.2, -0.15) is 0 Å². The molecule has 0 spiro atoms. The standard InChI is InChI=1S/C13H6BrCl2F3/c14-8-2-1-6(3-9(8)15)13(16)7-4-11(18)12(19)5-10(7)17/h1-5,13H. The lowest BCUT2D eigenvalue weighted by Crippen LogP contribution is -2.00. The van der Waals surface area contributed by atoms with Crippen LogP contribution in [-0.4, -0.2) is 0 Å². The van der Waals surface area contributed by atoms with Crippen LogP contribution in [0.25, 0.3) is 0 Å². The van der Waals surface area contributed by atoms with Crippen molar-refractivity contribution in [3.05, 3.63) is 68.4 Å². The van der Waals surface area contributed by atoms with Crippen molar-refractivity contribution in [1.29, 1.82) is 0 Å². The van der Waals surface area contributed by atoms with Crippen molar-refractivity contribution in [2.45, 2.75) is 5.38 Å². The number of hydrogen-bond donors (Lipinski definition) is 0. The van der Waals surface area contributed by atoms with Gasteiger partial charge >= 0.3 is 0 Å². The molecule has 2 aromatic carbocycles. The van der Waals surface area contributed by atoms with Crippen molar-refractivity contribution < 1.29 is 13.2 Å². The van der Waals surface area contributed by atoms with Crippen molar-refractivity contribution >= 4 is 39.1 Å². The van der Waals surface area contributed by atoms with Crippen molar-refractivity contribution in [2.24, 2.45) is 0 Å². The number of hydrogen-bond acceptors (Lipinski definition) is 0. The zero-order valence-electron chi connectivity index (χ0n) is 9.23. The molecule has 0 fully saturated rings. The summed E-state index contributed by atoms with van der Waals surface area (Å²) in [6, 6.07) is 6.02. The second kappa shape index (κ2) is 5.73. The number of alkyl halides is 1. The Kier molecular flexibility index (Phi) is 4.43. The zero-order valence-corrected chi connectivity index (χ0v) is 12.3. The van der Waals surface area contributed by atoms with Gasteiger partial charge in [0.1, 0.15) is 5.82 Å². The van der Waals surface area contributed by atoms with Crippen LogP contribution in [-0.2, 0) is 0 Å². The Hall–Kier alpha value is -0.710. The minimum atomic E-state index is -1.25. The molecule has 0 saturated carbocycles. The Morgan fingerprint density at radius 2 is 1.58 bits per heavy atom. The summed E-state index contributed by atoms with van der Waals surface area (Å²) in [6.45, 7) is 0. The molecule has 6 heteroatoms. The monoisotopic (exact) mass is 368 g/mol. The van der Waals surface area contributed by atoms with E-state index in [1.54, 1.807) is 12.1 Å². The third kappa shape index (κ3) is 3.07. The van der Waals surface area contributed by atoms with Gasteiger partial charge < -0.3 is 0 Å². The predicted octanol–water partition coefficient (Wildman–Crippen LogP) is 5.85. The van der Waals surface area contributed by atoms with Gasteiger partial charge in [0.2, 0.25) is 0 Å². The maximum atomic E-state index is 13.6. The molecule has 19 heavy (non-hydrogen) atoms. The van der Waals surface area contributed by atoms with Gasteiger partial charge in [-0.15, -0.1) is 11.6 Å². The van der Waals surface area contributed by atoms with Gasteiger partial charge in [-0.05, 0) is 39.7 Å². The minimum Gasteiger partial charge on any atom is -0.207 e. The number of halogens is 6. The van der Waals surface area contributed by atoms with E-state index in [9.17, 15) is 13.2 Å². The molecule has 0 aliphatic heterocycles. The van der Waals surface area contributed by atoms with Gasteiger partial charge in [0.25, 0.3) is 0 Å². The van der Waals surface area contributed by atoms with Crippen LogP contribution in [0.15, 0.2) is 34.8 Å². The van der Waals surface area contributed by atoms with Crippen LogP contribution < -0.4 is 0 Å². The fourth-order valence-corrected chi connectivity index (χ4v) is 2.32. The van der Waals surface area contributed by atoms with Crippen LogP contribution in [0.1, 0.15) is 16.5 Å². The molecule has 0 amide bonds. The Bertz CT molecular complexity index is 632. The van der Waals surface area contributed by atoms with Crippen molar-refractivity contribution in [2.75, 3.05) is 0 Å². The van der Waals surface area contributed by atoms with Crippen LogP contribution in [0.4, 0.5) is 13.2 Å². The van der Waals surface area contributed by atoms with E-state index in [4.69, 9.17) is 23.2 Å². The van der Waals surface area contributed by atoms with Crippen LogP contribution in [0.3, 0.4) is 0 Å². The zero-order chi connectivity index (χ0) is 14.2. The van der Waals surface area contributed by atoms with Crippen LogP contribution in [0.2, 0.25) is 5.02 Å². The molecule has 1 atom stereocenters. The molecule has 0 aromatic heterocycles. The van der Waals surface area contributed by atoms with E-state index in [1.807, 2.05) is 0 Å². The van der Waals surface area contributed by atoms with Gasteiger partial charge in [0.15, 0.2) is 11.6 Å². The number of rotatable bonds is 2. The second-order valence-electron chi connectivity index (χ2n) is 3.82. The highest BCUT2D eigenvalue weighted by Crippen LogP contribution is 2.34. The fraction of sp³-hybridized carbons (Fsp3) is 0.0769. The van der Waals surface area contributed by atoms with E-state index in [1.165, 1.54) is 6.07 Å². The summed E-state index contributed by atoms with van der Waals surface area (Å²) in [4.78, 5) is 0. The molecule has 0 N–H and O–H groups in total. The highest BCUT2D eigenvalue weighted by molar-refractivity contribution is 9.10. The summed E-state index contributed by atoms with van der Waals surface area (Å²) in [5.74, 6) is -3.30. The summed E-state index contributed by atoms with van der Waals surface area (Å²) in [7, 11) is 0. The van der Waals surface area contributed by atoms with E-state index >= 15 is 0 Å². The average molecular weight is 370 g/mol. The predicted molar refractivity (Wildman–Crippen MR) is 73.2 cm³/mol.